The summed E-state index contributed by atoms with van der Waals surface area (Å²) in [5, 5.41) is 0. The van der Waals surface area contributed by atoms with Gasteiger partial charge in [0.2, 0.25) is 5.91 Å². The molecule has 2 rings (SSSR count). The SMILES string of the molecule is Cc1c(C(N)=O)ccc(=O)n1-c1ccc(Br)cc1. The fourth-order valence-corrected chi connectivity index (χ4v) is 2.07. The predicted octanol–water partition coefficient (Wildman–Crippen LogP) is 2.01. The molecule has 0 atom stereocenters. The standard InChI is InChI=1S/C13H11BrN2O2/c1-8-11(13(15)18)6-7-12(17)16(8)10-4-2-9(14)3-5-10/h2-7H,1H3,(H2,15,18). The highest BCUT2D eigenvalue weighted by atomic mass is 79.9. The van der Waals surface area contributed by atoms with E-state index in [2.05, 4.69) is 15.9 Å². The van der Waals surface area contributed by atoms with Crippen LogP contribution in [0.15, 0.2) is 45.7 Å². The van der Waals surface area contributed by atoms with Crippen LogP contribution in [0.25, 0.3) is 5.69 Å². The van der Waals surface area contributed by atoms with Crippen LogP contribution in [-0.2, 0) is 0 Å². The number of nitrogens with zero attached hydrogens (tertiary/aromatic N) is 1. The second-order valence-corrected chi connectivity index (χ2v) is 4.76. The molecular formula is C13H11BrN2O2. The van der Waals surface area contributed by atoms with Gasteiger partial charge in [0.25, 0.3) is 5.56 Å². The second-order valence-electron chi connectivity index (χ2n) is 3.85. The lowest BCUT2D eigenvalue weighted by Gasteiger charge is -2.12. The first-order chi connectivity index (χ1) is 8.50. The van der Waals surface area contributed by atoms with Gasteiger partial charge in [0.15, 0.2) is 0 Å². The molecular weight excluding hydrogens is 296 g/mol. The minimum absolute atomic E-state index is 0.195. The molecule has 0 unspecified atom stereocenters. The maximum atomic E-state index is 11.9. The van der Waals surface area contributed by atoms with Gasteiger partial charge in [-0.2, -0.15) is 0 Å². The zero-order chi connectivity index (χ0) is 13.3. The molecule has 0 fully saturated rings. The van der Waals surface area contributed by atoms with Crippen molar-refractivity contribution in [2.24, 2.45) is 5.73 Å². The van der Waals surface area contributed by atoms with Crippen molar-refractivity contribution in [1.29, 1.82) is 0 Å². The molecule has 5 heteroatoms. The van der Waals surface area contributed by atoms with Crippen molar-refractivity contribution in [3.05, 3.63) is 62.5 Å². The number of amides is 1. The maximum Gasteiger partial charge on any atom is 0.255 e. The minimum Gasteiger partial charge on any atom is -0.366 e. The van der Waals surface area contributed by atoms with Crippen molar-refractivity contribution >= 4 is 21.8 Å². The summed E-state index contributed by atoms with van der Waals surface area (Å²) in [4.78, 5) is 23.2. The Hall–Kier alpha value is -1.88. The summed E-state index contributed by atoms with van der Waals surface area (Å²) in [7, 11) is 0. The van der Waals surface area contributed by atoms with E-state index >= 15 is 0 Å². The summed E-state index contributed by atoms with van der Waals surface area (Å²) >= 11 is 3.33. The smallest absolute Gasteiger partial charge is 0.255 e. The molecule has 1 aromatic heterocycles. The lowest BCUT2D eigenvalue weighted by Crippen LogP contribution is -2.24. The molecule has 2 N–H and O–H groups in total. The van der Waals surface area contributed by atoms with Gasteiger partial charge in [0, 0.05) is 21.9 Å². The Kier molecular flexibility index (Phi) is 3.34. The van der Waals surface area contributed by atoms with E-state index in [9.17, 15) is 9.59 Å². The van der Waals surface area contributed by atoms with Gasteiger partial charge in [-0.05, 0) is 37.3 Å². The van der Waals surface area contributed by atoms with E-state index in [0.717, 1.165) is 4.47 Å². The second kappa shape index (κ2) is 4.78. The van der Waals surface area contributed by atoms with Crippen molar-refractivity contribution in [2.75, 3.05) is 0 Å². The van der Waals surface area contributed by atoms with E-state index < -0.39 is 5.91 Å². The van der Waals surface area contributed by atoms with Crippen LogP contribution in [0, 0.1) is 6.92 Å². The highest BCUT2D eigenvalue weighted by Crippen LogP contribution is 2.15. The van der Waals surface area contributed by atoms with E-state index in [-0.39, 0.29) is 5.56 Å². The zero-order valence-electron chi connectivity index (χ0n) is 9.68. The first kappa shape index (κ1) is 12.6. The Morgan fingerprint density at radius 2 is 1.78 bits per heavy atom. The number of hydrogen-bond donors (Lipinski definition) is 1. The van der Waals surface area contributed by atoms with Crippen LogP contribution < -0.4 is 11.3 Å². The highest BCUT2D eigenvalue weighted by Gasteiger charge is 2.11. The third-order valence-electron chi connectivity index (χ3n) is 2.69. The van der Waals surface area contributed by atoms with Crippen LogP contribution in [0.5, 0.6) is 0 Å². The van der Waals surface area contributed by atoms with E-state index in [1.54, 1.807) is 19.1 Å². The molecule has 0 radical (unpaired) electrons. The first-order valence-corrected chi connectivity index (χ1v) is 6.08. The van der Waals surface area contributed by atoms with Gasteiger partial charge in [0.1, 0.15) is 0 Å². The number of aromatic nitrogens is 1. The molecule has 92 valence electrons. The first-order valence-electron chi connectivity index (χ1n) is 5.29. The number of nitrogens with two attached hydrogens (primary N) is 1. The van der Waals surface area contributed by atoms with Gasteiger partial charge in [-0.15, -0.1) is 0 Å². The molecule has 1 aromatic carbocycles. The molecule has 0 spiro atoms. The largest absolute Gasteiger partial charge is 0.366 e. The van der Waals surface area contributed by atoms with E-state index in [1.807, 2.05) is 12.1 Å². The molecule has 1 amide bonds. The van der Waals surface area contributed by atoms with Gasteiger partial charge < -0.3 is 5.73 Å². The van der Waals surface area contributed by atoms with Crippen LogP contribution in [0.2, 0.25) is 0 Å². The topological polar surface area (TPSA) is 65.1 Å². The van der Waals surface area contributed by atoms with Gasteiger partial charge >= 0.3 is 0 Å². The zero-order valence-corrected chi connectivity index (χ0v) is 11.3. The van der Waals surface area contributed by atoms with E-state index in [4.69, 9.17) is 5.73 Å². The summed E-state index contributed by atoms with van der Waals surface area (Å²) in [6.07, 6.45) is 0. The molecule has 1 heterocycles. The highest BCUT2D eigenvalue weighted by molar-refractivity contribution is 9.10. The van der Waals surface area contributed by atoms with Crippen LogP contribution in [-0.4, -0.2) is 10.5 Å². The van der Waals surface area contributed by atoms with Crippen LogP contribution in [0.1, 0.15) is 16.1 Å². The van der Waals surface area contributed by atoms with Crippen LogP contribution >= 0.6 is 15.9 Å². The molecule has 4 nitrogen and oxygen atoms in total. The van der Waals surface area contributed by atoms with Gasteiger partial charge in [-0.25, -0.2) is 0 Å². The summed E-state index contributed by atoms with van der Waals surface area (Å²) in [5.41, 5.74) is 6.66. The summed E-state index contributed by atoms with van der Waals surface area (Å²) < 4.78 is 2.38. The Morgan fingerprint density at radius 1 is 1.17 bits per heavy atom. The van der Waals surface area contributed by atoms with Crippen LogP contribution in [0.3, 0.4) is 0 Å². The molecule has 0 aliphatic carbocycles. The number of carbonyl (C=O) groups is 1. The van der Waals surface area contributed by atoms with Crippen LogP contribution in [0.4, 0.5) is 0 Å². The fraction of sp³-hybridized carbons (Fsp3) is 0.0769. The Labute approximate surface area is 112 Å². The average molecular weight is 307 g/mol. The number of halogens is 1. The van der Waals surface area contributed by atoms with Crippen molar-refractivity contribution in [3.8, 4) is 5.69 Å². The predicted molar refractivity (Wildman–Crippen MR) is 73.0 cm³/mol. The molecule has 0 bridgehead atoms. The Bertz CT molecular complexity index is 660. The lowest BCUT2D eigenvalue weighted by molar-refractivity contribution is 0.0999. The number of carbonyl (C=O) groups excluding carboxylic acids is 1. The van der Waals surface area contributed by atoms with E-state index in [1.165, 1.54) is 16.7 Å². The monoisotopic (exact) mass is 306 g/mol. The number of pyridine rings is 1. The number of primary amides is 1. The molecule has 2 aromatic rings. The quantitative estimate of drug-likeness (QED) is 0.922. The van der Waals surface area contributed by atoms with Gasteiger partial charge in [-0.1, -0.05) is 15.9 Å². The minimum atomic E-state index is -0.543. The normalized spacial score (nSPS) is 10.3. The molecule has 0 aliphatic heterocycles. The third-order valence-corrected chi connectivity index (χ3v) is 3.22. The summed E-state index contributed by atoms with van der Waals surface area (Å²) in [5.74, 6) is -0.543. The Morgan fingerprint density at radius 3 is 2.33 bits per heavy atom. The fourth-order valence-electron chi connectivity index (χ4n) is 1.81. The Balaban J connectivity index is 2.70. The lowest BCUT2D eigenvalue weighted by atomic mass is 10.1. The van der Waals surface area contributed by atoms with E-state index in [0.29, 0.717) is 16.9 Å². The molecule has 0 saturated heterocycles. The summed E-state index contributed by atoms with van der Waals surface area (Å²) in [6, 6.07) is 10.0. The molecule has 0 aliphatic rings. The number of benzene rings is 1. The average Bonchev–Trinajstić information content (AvgIpc) is 2.31. The van der Waals surface area contributed by atoms with Crippen molar-refractivity contribution in [3.63, 3.8) is 0 Å². The third kappa shape index (κ3) is 2.22. The van der Waals surface area contributed by atoms with Crippen molar-refractivity contribution in [2.45, 2.75) is 6.92 Å². The maximum absolute atomic E-state index is 11.9. The number of hydrogen-bond acceptors (Lipinski definition) is 2. The van der Waals surface area contributed by atoms with Gasteiger partial charge in [-0.3, -0.25) is 14.2 Å². The number of rotatable bonds is 2. The molecule has 0 saturated carbocycles. The van der Waals surface area contributed by atoms with Crippen molar-refractivity contribution < 1.29 is 4.79 Å². The van der Waals surface area contributed by atoms with Gasteiger partial charge in [0.05, 0.1) is 5.56 Å². The van der Waals surface area contributed by atoms with Crippen molar-refractivity contribution in [1.82, 2.24) is 4.57 Å². The molecule has 18 heavy (non-hydrogen) atoms. The summed E-state index contributed by atoms with van der Waals surface area (Å²) in [6.45, 7) is 1.70.